The first-order valence-electron chi connectivity index (χ1n) is 14.2. The van der Waals surface area contributed by atoms with Crippen molar-refractivity contribution in [1.29, 1.82) is 0 Å². The highest BCUT2D eigenvalue weighted by atomic mass is 16.5. The van der Waals surface area contributed by atoms with E-state index in [-0.39, 0.29) is 6.61 Å². The van der Waals surface area contributed by atoms with Gasteiger partial charge < -0.3 is 25.2 Å². The standard InChI is InChI=1S/C29H54N2O3/c1-4-7-8-9-10-11-12-13-14-15-16-17-18-19-22-30-26-20-21-29(34-6-3)28(23-26)31(5-2)24-27(33)25-32/h20-21,23,27,30,32-33H,4-19,22,24-25H2,1-3H3. The van der Waals surface area contributed by atoms with Crippen LogP contribution in [-0.4, -0.2) is 49.2 Å². The van der Waals surface area contributed by atoms with Crippen LogP contribution >= 0.6 is 0 Å². The average Bonchev–Trinajstić information content (AvgIpc) is 2.85. The molecule has 0 radical (unpaired) electrons. The Morgan fingerprint density at radius 2 is 1.38 bits per heavy atom. The topological polar surface area (TPSA) is 65.0 Å². The molecule has 0 aliphatic carbocycles. The predicted octanol–water partition coefficient (Wildman–Crippen LogP) is 7.16. The van der Waals surface area contributed by atoms with Gasteiger partial charge in [-0.25, -0.2) is 0 Å². The van der Waals surface area contributed by atoms with Crippen molar-refractivity contribution in [3.05, 3.63) is 18.2 Å². The van der Waals surface area contributed by atoms with Gasteiger partial charge in [-0.15, -0.1) is 0 Å². The Hall–Kier alpha value is -1.46. The zero-order chi connectivity index (χ0) is 24.9. The maximum Gasteiger partial charge on any atom is 0.142 e. The minimum atomic E-state index is -0.762. The summed E-state index contributed by atoms with van der Waals surface area (Å²) in [5.74, 6) is 0.816. The Labute approximate surface area is 210 Å². The predicted molar refractivity (Wildman–Crippen MR) is 147 cm³/mol. The summed E-state index contributed by atoms with van der Waals surface area (Å²) in [5.41, 5.74) is 2.04. The second-order valence-corrected chi connectivity index (χ2v) is 9.51. The van der Waals surface area contributed by atoms with Crippen LogP contribution in [0.1, 0.15) is 111 Å². The minimum Gasteiger partial charge on any atom is -0.492 e. The molecule has 5 heteroatoms. The van der Waals surface area contributed by atoms with Crippen LogP contribution in [0.4, 0.5) is 11.4 Å². The summed E-state index contributed by atoms with van der Waals surface area (Å²) in [7, 11) is 0. The van der Waals surface area contributed by atoms with Crippen molar-refractivity contribution in [2.24, 2.45) is 0 Å². The molecule has 1 rings (SSSR count). The summed E-state index contributed by atoms with van der Waals surface area (Å²) in [4.78, 5) is 2.06. The van der Waals surface area contributed by atoms with E-state index >= 15 is 0 Å². The molecule has 34 heavy (non-hydrogen) atoms. The zero-order valence-corrected chi connectivity index (χ0v) is 22.5. The number of likely N-dealkylation sites (N-methyl/N-ethyl adjacent to an activating group) is 1. The Morgan fingerprint density at radius 3 is 1.88 bits per heavy atom. The van der Waals surface area contributed by atoms with Gasteiger partial charge in [0.2, 0.25) is 0 Å². The van der Waals surface area contributed by atoms with Crippen LogP contribution in [0.15, 0.2) is 18.2 Å². The number of hydrogen-bond donors (Lipinski definition) is 3. The summed E-state index contributed by atoms with van der Waals surface area (Å²) < 4.78 is 5.81. The number of rotatable bonds is 23. The molecular formula is C29H54N2O3. The Morgan fingerprint density at radius 1 is 0.824 bits per heavy atom. The van der Waals surface area contributed by atoms with Gasteiger partial charge in [-0.05, 0) is 38.5 Å². The van der Waals surface area contributed by atoms with Gasteiger partial charge >= 0.3 is 0 Å². The molecule has 0 saturated carbocycles. The molecule has 0 bridgehead atoms. The highest BCUT2D eigenvalue weighted by molar-refractivity contribution is 5.66. The van der Waals surface area contributed by atoms with Gasteiger partial charge in [-0.2, -0.15) is 0 Å². The lowest BCUT2D eigenvalue weighted by molar-refractivity contribution is 0.0999. The lowest BCUT2D eigenvalue weighted by Crippen LogP contribution is -2.34. The van der Waals surface area contributed by atoms with E-state index in [4.69, 9.17) is 4.74 Å². The maximum absolute atomic E-state index is 9.91. The molecule has 3 N–H and O–H groups in total. The molecule has 0 spiro atoms. The normalized spacial score (nSPS) is 12.0. The van der Waals surface area contributed by atoms with Gasteiger partial charge in [0.1, 0.15) is 5.75 Å². The number of aliphatic hydroxyl groups excluding tert-OH is 2. The number of unbranched alkanes of at least 4 members (excludes halogenated alkanes) is 13. The van der Waals surface area contributed by atoms with Gasteiger partial charge in [0.15, 0.2) is 0 Å². The van der Waals surface area contributed by atoms with Crippen LogP contribution in [0, 0.1) is 0 Å². The third kappa shape index (κ3) is 14.1. The summed E-state index contributed by atoms with van der Waals surface area (Å²) in [6.07, 6.45) is 18.5. The van der Waals surface area contributed by atoms with Crippen molar-refractivity contribution in [3.8, 4) is 5.75 Å². The molecule has 1 unspecified atom stereocenters. The third-order valence-corrected chi connectivity index (χ3v) is 6.48. The first-order chi connectivity index (χ1) is 16.7. The SMILES string of the molecule is CCCCCCCCCCCCCCCCNc1ccc(OCC)c(N(CC)CC(O)CO)c1. The number of nitrogens with one attached hydrogen (secondary N) is 1. The van der Waals surface area contributed by atoms with Gasteiger partial charge in [-0.1, -0.05) is 90.4 Å². The second-order valence-electron chi connectivity index (χ2n) is 9.51. The summed E-state index contributed by atoms with van der Waals surface area (Å²) in [5, 5.41) is 22.7. The number of anilines is 2. The number of aliphatic hydroxyl groups is 2. The van der Waals surface area contributed by atoms with E-state index in [9.17, 15) is 10.2 Å². The van der Waals surface area contributed by atoms with E-state index in [0.29, 0.717) is 13.2 Å². The lowest BCUT2D eigenvalue weighted by atomic mass is 10.0. The minimum absolute atomic E-state index is 0.239. The molecule has 1 aromatic carbocycles. The second kappa shape index (κ2) is 20.9. The van der Waals surface area contributed by atoms with E-state index in [1.54, 1.807) is 0 Å². The Balaban J connectivity index is 2.22. The summed E-state index contributed by atoms with van der Waals surface area (Å²) >= 11 is 0. The highest BCUT2D eigenvalue weighted by Crippen LogP contribution is 2.32. The fourth-order valence-corrected chi connectivity index (χ4v) is 4.41. The molecule has 0 amide bonds. The van der Waals surface area contributed by atoms with Crippen LogP contribution < -0.4 is 15.0 Å². The molecule has 0 fully saturated rings. The Bertz CT molecular complexity index is 597. The first-order valence-corrected chi connectivity index (χ1v) is 14.2. The van der Waals surface area contributed by atoms with Gasteiger partial charge in [0.05, 0.1) is 25.0 Å². The van der Waals surface area contributed by atoms with Gasteiger partial charge in [0, 0.05) is 25.3 Å². The van der Waals surface area contributed by atoms with Crippen LogP contribution in [0.2, 0.25) is 0 Å². The number of nitrogens with zero attached hydrogens (tertiary/aromatic N) is 1. The summed E-state index contributed by atoms with van der Waals surface area (Å²) in [6, 6.07) is 6.16. The molecule has 5 nitrogen and oxygen atoms in total. The van der Waals surface area contributed by atoms with E-state index in [1.807, 2.05) is 13.0 Å². The number of hydrogen-bond acceptors (Lipinski definition) is 5. The molecule has 0 saturated heterocycles. The molecule has 0 aliphatic heterocycles. The van der Waals surface area contributed by atoms with E-state index in [0.717, 1.165) is 30.2 Å². The number of benzene rings is 1. The number of ether oxygens (including phenoxy) is 1. The van der Waals surface area contributed by atoms with Crippen molar-refractivity contribution in [3.63, 3.8) is 0 Å². The molecule has 198 valence electrons. The fourth-order valence-electron chi connectivity index (χ4n) is 4.41. The molecule has 1 atom stereocenters. The fraction of sp³-hybridized carbons (Fsp3) is 0.793. The zero-order valence-electron chi connectivity index (χ0n) is 22.5. The van der Waals surface area contributed by atoms with Crippen LogP contribution in [-0.2, 0) is 0 Å². The van der Waals surface area contributed by atoms with Crippen LogP contribution in [0.5, 0.6) is 5.75 Å². The first kappa shape index (κ1) is 30.6. The van der Waals surface area contributed by atoms with Crippen LogP contribution in [0.3, 0.4) is 0 Å². The third-order valence-electron chi connectivity index (χ3n) is 6.48. The maximum atomic E-state index is 9.91. The van der Waals surface area contributed by atoms with Gasteiger partial charge in [-0.3, -0.25) is 0 Å². The molecule has 0 heterocycles. The van der Waals surface area contributed by atoms with Crippen molar-refractivity contribution in [2.45, 2.75) is 117 Å². The largest absolute Gasteiger partial charge is 0.492 e. The molecular weight excluding hydrogens is 424 g/mol. The Kier molecular flexibility index (Phi) is 18.8. The smallest absolute Gasteiger partial charge is 0.142 e. The van der Waals surface area contributed by atoms with Crippen molar-refractivity contribution in [1.82, 2.24) is 0 Å². The van der Waals surface area contributed by atoms with E-state index in [1.165, 1.54) is 89.9 Å². The van der Waals surface area contributed by atoms with Crippen molar-refractivity contribution >= 4 is 11.4 Å². The average molecular weight is 479 g/mol. The molecule has 1 aromatic rings. The van der Waals surface area contributed by atoms with Crippen molar-refractivity contribution < 1.29 is 14.9 Å². The van der Waals surface area contributed by atoms with E-state index in [2.05, 4.69) is 36.2 Å². The summed E-state index contributed by atoms with van der Waals surface area (Å²) in [6.45, 7) is 8.76. The molecule has 0 aliphatic rings. The van der Waals surface area contributed by atoms with Crippen molar-refractivity contribution in [2.75, 3.05) is 43.1 Å². The van der Waals surface area contributed by atoms with E-state index < -0.39 is 6.10 Å². The van der Waals surface area contributed by atoms with Crippen LogP contribution in [0.25, 0.3) is 0 Å². The molecule has 0 aromatic heterocycles. The quantitative estimate of drug-likeness (QED) is 0.146. The monoisotopic (exact) mass is 478 g/mol. The van der Waals surface area contributed by atoms with Gasteiger partial charge in [0.25, 0.3) is 0 Å². The highest BCUT2D eigenvalue weighted by Gasteiger charge is 2.15. The lowest BCUT2D eigenvalue weighted by Gasteiger charge is -2.27.